The molecule has 2 aromatic carbocycles. The van der Waals surface area contributed by atoms with Crippen molar-refractivity contribution < 1.29 is 32.6 Å². The van der Waals surface area contributed by atoms with Crippen LogP contribution in [0.1, 0.15) is 12.0 Å². The second kappa shape index (κ2) is 10.1. The number of rotatable bonds is 9. The van der Waals surface area contributed by atoms with Crippen LogP contribution in [0.25, 0.3) is 0 Å². The number of carbonyl (C=O) groups excluding carboxylic acids is 2. The Hall–Kier alpha value is -3.36. The highest BCUT2D eigenvalue weighted by Gasteiger charge is 2.35. The van der Waals surface area contributed by atoms with Crippen molar-refractivity contribution in [3.63, 3.8) is 0 Å². The number of hydrogen-bond acceptors (Lipinski definition) is 5. The molecular weight excluding hydrogens is 410 g/mol. The first-order valence-electron chi connectivity index (χ1n) is 9.75. The molecular formula is C22H24F2N2O5. The number of alkyl halides is 2. The highest BCUT2D eigenvalue weighted by atomic mass is 19.3. The standard InChI is InChI=1S/C22H24F2N2O5/c1-29-17-5-3-4-16(12-17)26-13-15(11-20(26)27)21(28)25-9-8-14-6-7-18(31-22(23)24)19(10-14)30-2/h3-7,10,12,15,22H,8-9,11,13H2,1-2H3,(H,25,28). The van der Waals surface area contributed by atoms with Crippen molar-refractivity contribution >= 4 is 17.5 Å². The predicted molar refractivity (Wildman–Crippen MR) is 110 cm³/mol. The van der Waals surface area contributed by atoms with E-state index in [0.717, 1.165) is 5.56 Å². The minimum atomic E-state index is -2.94. The molecule has 1 aliphatic rings. The second-order valence-corrected chi connectivity index (χ2v) is 7.01. The van der Waals surface area contributed by atoms with E-state index in [2.05, 4.69) is 10.1 Å². The van der Waals surface area contributed by atoms with E-state index in [1.54, 1.807) is 48.4 Å². The molecule has 0 radical (unpaired) electrons. The van der Waals surface area contributed by atoms with Crippen LogP contribution in [0.2, 0.25) is 0 Å². The zero-order valence-corrected chi connectivity index (χ0v) is 17.3. The zero-order valence-electron chi connectivity index (χ0n) is 17.3. The van der Waals surface area contributed by atoms with E-state index < -0.39 is 12.5 Å². The van der Waals surface area contributed by atoms with Crippen LogP contribution in [0.5, 0.6) is 17.2 Å². The first kappa shape index (κ1) is 22.3. The molecule has 31 heavy (non-hydrogen) atoms. The molecule has 0 aromatic heterocycles. The maximum Gasteiger partial charge on any atom is 0.387 e. The van der Waals surface area contributed by atoms with E-state index in [1.807, 2.05) is 0 Å². The molecule has 0 aliphatic carbocycles. The van der Waals surface area contributed by atoms with Crippen LogP contribution >= 0.6 is 0 Å². The number of amides is 2. The van der Waals surface area contributed by atoms with Crippen LogP contribution in [-0.2, 0) is 16.0 Å². The molecule has 1 N–H and O–H groups in total. The van der Waals surface area contributed by atoms with Crippen molar-refractivity contribution in [1.29, 1.82) is 0 Å². The Morgan fingerprint density at radius 2 is 1.97 bits per heavy atom. The van der Waals surface area contributed by atoms with Crippen molar-refractivity contribution in [3.8, 4) is 17.2 Å². The Kier molecular flexibility index (Phi) is 7.28. The zero-order chi connectivity index (χ0) is 22.4. The third kappa shape index (κ3) is 5.62. The van der Waals surface area contributed by atoms with Crippen molar-refractivity contribution in [2.45, 2.75) is 19.5 Å². The highest BCUT2D eigenvalue weighted by molar-refractivity contribution is 6.00. The fraction of sp³-hybridized carbons (Fsp3) is 0.364. The summed E-state index contributed by atoms with van der Waals surface area (Å²) in [6, 6.07) is 11.8. The van der Waals surface area contributed by atoms with E-state index in [4.69, 9.17) is 9.47 Å². The minimum Gasteiger partial charge on any atom is -0.497 e. The number of ether oxygens (including phenoxy) is 3. The lowest BCUT2D eigenvalue weighted by Gasteiger charge is -2.17. The monoisotopic (exact) mass is 434 g/mol. The molecule has 1 aliphatic heterocycles. The molecule has 0 saturated carbocycles. The Labute approximate surface area is 178 Å². The quantitative estimate of drug-likeness (QED) is 0.657. The summed E-state index contributed by atoms with van der Waals surface area (Å²) >= 11 is 0. The van der Waals surface area contributed by atoms with Gasteiger partial charge in [-0.2, -0.15) is 8.78 Å². The van der Waals surface area contributed by atoms with E-state index in [-0.39, 0.29) is 29.7 Å². The number of nitrogens with zero attached hydrogens (tertiary/aromatic N) is 1. The summed E-state index contributed by atoms with van der Waals surface area (Å²) < 4.78 is 39.5. The van der Waals surface area contributed by atoms with E-state index in [9.17, 15) is 18.4 Å². The number of anilines is 1. The molecule has 0 spiro atoms. The summed E-state index contributed by atoms with van der Waals surface area (Å²) in [6.07, 6.45) is 0.605. The van der Waals surface area contributed by atoms with E-state index >= 15 is 0 Å². The maximum atomic E-state index is 12.5. The van der Waals surface area contributed by atoms with Crippen LogP contribution in [0.3, 0.4) is 0 Å². The topological polar surface area (TPSA) is 77.1 Å². The summed E-state index contributed by atoms with van der Waals surface area (Å²) in [5, 5.41) is 2.84. The molecule has 0 bridgehead atoms. The van der Waals surface area contributed by atoms with Gasteiger partial charge in [0.25, 0.3) is 0 Å². The predicted octanol–water partition coefficient (Wildman–Crippen LogP) is 3.02. The number of hydrogen-bond donors (Lipinski definition) is 1. The number of methoxy groups -OCH3 is 2. The Bertz CT molecular complexity index is 938. The SMILES string of the molecule is COc1cccc(N2CC(C(=O)NCCc3ccc(OC(F)F)c(OC)c3)CC2=O)c1. The molecule has 9 heteroatoms. The van der Waals surface area contributed by atoms with Crippen LogP contribution < -0.4 is 24.4 Å². The van der Waals surface area contributed by atoms with E-state index in [1.165, 1.54) is 13.2 Å². The molecule has 3 rings (SSSR count). The van der Waals surface area contributed by atoms with Crippen LogP contribution in [0, 0.1) is 5.92 Å². The van der Waals surface area contributed by atoms with Crippen molar-refractivity contribution in [2.24, 2.45) is 5.92 Å². The van der Waals surface area contributed by atoms with Crippen LogP contribution in [-0.4, -0.2) is 45.7 Å². The summed E-state index contributed by atoms with van der Waals surface area (Å²) in [4.78, 5) is 26.5. The van der Waals surface area contributed by atoms with Crippen molar-refractivity contribution in [3.05, 3.63) is 48.0 Å². The highest BCUT2D eigenvalue weighted by Crippen LogP contribution is 2.30. The number of carbonyl (C=O) groups is 2. The van der Waals surface area contributed by atoms with Crippen LogP contribution in [0.15, 0.2) is 42.5 Å². The lowest BCUT2D eigenvalue weighted by molar-refractivity contribution is -0.126. The third-order valence-electron chi connectivity index (χ3n) is 5.02. The van der Waals surface area contributed by atoms with Gasteiger partial charge in [-0.25, -0.2) is 0 Å². The molecule has 1 saturated heterocycles. The van der Waals surface area contributed by atoms with Gasteiger partial charge in [0.05, 0.1) is 20.1 Å². The first-order valence-corrected chi connectivity index (χ1v) is 9.75. The lowest BCUT2D eigenvalue weighted by Crippen LogP contribution is -2.34. The summed E-state index contributed by atoms with van der Waals surface area (Å²) in [5.41, 5.74) is 1.48. The van der Waals surface area contributed by atoms with Gasteiger partial charge in [-0.1, -0.05) is 12.1 Å². The number of benzene rings is 2. The molecule has 1 heterocycles. The summed E-state index contributed by atoms with van der Waals surface area (Å²) in [7, 11) is 2.92. The summed E-state index contributed by atoms with van der Waals surface area (Å²) in [5.74, 6) is 0.0108. The third-order valence-corrected chi connectivity index (χ3v) is 5.02. The van der Waals surface area contributed by atoms with Crippen molar-refractivity contribution in [1.82, 2.24) is 5.32 Å². The van der Waals surface area contributed by atoms with Gasteiger partial charge < -0.3 is 24.4 Å². The normalized spacial score (nSPS) is 15.8. The smallest absolute Gasteiger partial charge is 0.387 e. The second-order valence-electron chi connectivity index (χ2n) is 7.01. The van der Waals surface area contributed by atoms with Gasteiger partial charge in [0.2, 0.25) is 11.8 Å². The Morgan fingerprint density at radius 3 is 2.68 bits per heavy atom. The fourth-order valence-electron chi connectivity index (χ4n) is 3.45. The van der Waals surface area contributed by atoms with Gasteiger partial charge in [0.15, 0.2) is 11.5 Å². The van der Waals surface area contributed by atoms with Gasteiger partial charge in [-0.05, 0) is 36.2 Å². The van der Waals surface area contributed by atoms with E-state index in [0.29, 0.717) is 30.9 Å². The number of nitrogens with one attached hydrogen (secondary N) is 1. The molecule has 2 amide bonds. The minimum absolute atomic E-state index is 0.0487. The Morgan fingerprint density at radius 1 is 1.16 bits per heavy atom. The average Bonchev–Trinajstić information content (AvgIpc) is 3.16. The fourth-order valence-corrected chi connectivity index (χ4v) is 3.45. The van der Waals surface area contributed by atoms with Gasteiger partial charge in [0.1, 0.15) is 5.75 Å². The first-order chi connectivity index (χ1) is 14.9. The van der Waals surface area contributed by atoms with Gasteiger partial charge >= 0.3 is 6.61 Å². The molecule has 166 valence electrons. The largest absolute Gasteiger partial charge is 0.497 e. The summed E-state index contributed by atoms with van der Waals surface area (Å²) in [6.45, 7) is -2.31. The van der Waals surface area contributed by atoms with Gasteiger partial charge in [0, 0.05) is 31.3 Å². The molecule has 2 aromatic rings. The average molecular weight is 434 g/mol. The van der Waals surface area contributed by atoms with Crippen molar-refractivity contribution in [2.75, 3.05) is 32.2 Å². The molecule has 1 unspecified atom stereocenters. The number of halogens is 2. The Balaban J connectivity index is 1.54. The molecule has 7 nitrogen and oxygen atoms in total. The molecule has 1 fully saturated rings. The van der Waals surface area contributed by atoms with Gasteiger partial charge in [-0.3, -0.25) is 9.59 Å². The van der Waals surface area contributed by atoms with Gasteiger partial charge in [-0.15, -0.1) is 0 Å². The lowest BCUT2D eigenvalue weighted by atomic mass is 10.1. The maximum absolute atomic E-state index is 12.5. The molecule has 1 atom stereocenters. The van der Waals surface area contributed by atoms with Crippen LogP contribution in [0.4, 0.5) is 14.5 Å².